The van der Waals surface area contributed by atoms with Gasteiger partial charge in [0.1, 0.15) is 5.37 Å². The minimum absolute atomic E-state index is 0.288. The molecule has 0 amide bonds. The molecule has 0 aromatic carbocycles. The Labute approximate surface area is 121 Å². The van der Waals surface area contributed by atoms with Crippen molar-refractivity contribution in [3.05, 3.63) is 0 Å². The zero-order valence-electron chi connectivity index (χ0n) is 12.0. The third kappa shape index (κ3) is 4.62. The van der Waals surface area contributed by atoms with Crippen LogP contribution in [0.3, 0.4) is 0 Å². The van der Waals surface area contributed by atoms with Crippen molar-refractivity contribution in [1.82, 2.24) is 10.2 Å². The number of thioether (sulfide) groups is 1. The standard InChI is InChI=1S/C13H26N2O2S2/c1-3-4-12(9-14-11-5-6-11)15-7-8-18-10-13(15)19(2,16)17/h11-14H,3-10H2,1-2H3. The Balaban J connectivity index is 2.02. The molecule has 0 spiro atoms. The van der Waals surface area contributed by atoms with Crippen LogP contribution in [0.4, 0.5) is 0 Å². The Morgan fingerprint density at radius 1 is 1.42 bits per heavy atom. The summed E-state index contributed by atoms with van der Waals surface area (Å²) in [4.78, 5) is 2.24. The number of nitrogens with zero attached hydrogens (tertiary/aromatic N) is 1. The molecule has 0 aromatic rings. The van der Waals surface area contributed by atoms with Gasteiger partial charge in [-0.15, -0.1) is 0 Å². The summed E-state index contributed by atoms with van der Waals surface area (Å²) in [6.07, 6.45) is 6.13. The quantitative estimate of drug-likeness (QED) is 0.769. The highest BCUT2D eigenvalue weighted by Crippen LogP contribution is 2.25. The van der Waals surface area contributed by atoms with Crippen molar-refractivity contribution in [1.29, 1.82) is 0 Å². The summed E-state index contributed by atoms with van der Waals surface area (Å²) in [6.45, 7) is 4.02. The number of nitrogens with one attached hydrogen (secondary N) is 1. The highest BCUT2D eigenvalue weighted by atomic mass is 32.2. The van der Waals surface area contributed by atoms with Gasteiger partial charge in [-0.1, -0.05) is 13.3 Å². The molecule has 4 nitrogen and oxygen atoms in total. The molecule has 112 valence electrons. The Hall–Kier alpha value is 0.220. The molecule has 2 aliphatic rings. The molecule has 2 unspecified atom stereocenters. The number of hydrogen-bond donors (Lipinski definition) is 1. The molecule has 0 bridgehead atoms. The lowest BCUT2D eigenvalue weighted by Gasteiger charge is -2.40. The Kier molecular flexibility index (Phi) is 5.57. The maximum Gasteiger partial charge on any atom is 0.164 e. The Morgan fingerprint density at radius 2 is 2.16 bits per heavy atom. The lowest BCUT2D eigenvalue weighted by Crippen LogP contribution is -2.54. The summed E-state index contributed by atoms with van der Waals surface area (Å²) in [7, 11) is -2.98. The zero-order chi connectivity index (χ0) is 13.9. The second-order valence-electron chi connectivity index (χ2n) is 5.72. The summed E-state index contributed by atoms with van der Waals surface area (Å²) in [5, 5.41) is 3.28. The van der Waals surface area contributed by atoms with Crippen molar-refractivity contribution in [2.45, 2.75) is 50.1 Å². The average Bonchev–Trinajstić information content (AvgIpc) is 3.17. The van der Waals surface area contributed by atoms with Gasteiger partial charge in [0.05, 0.1) is 0 Å². The van der Waals surface area contributed by atoms with E-state index in [0.717, 1.165) is 37.4 Å². The monoisotopic (exact) mass is 306 g/mol. The lowest BCUT2D eigenvalue weighted by molar-refractivity contribution is 0.177. The first-order valence-electron chi connectivity index (χ1n) is 7.28. The number of rotatable bonds is 7. The maximum atomic E-state index is 12.0. The summed E-state index contributed by atoms with van der Waals surface area (Å²) in [6, 6.07) is 1.06. The van der Waals surface area contributed by atoms with Crippen LogP contribution < -0.4 is 5.32 Å². The van der Waals surface area contributed by atoms with Crippen molar-refractivity contribution in [3.8, 4) is 0 Å². The summed E-state index contributed by atoms with van der Waals surface area (Å²) in [5.74, 6) is 1.78. The molecule has 1 N–H and O–H groups in total. The van der Waals surface area contributed by atoms with E-state index in [0.29, 0.717) is 12.1 Å². The second-order valence-corrected chi connectivity index (χ2v) is 9.07. The van der Waals surface area contributed by atoms with Gasteiger partial charge in [-0.3, -0.25) is 4.90 Å². The van der Waals surface area contributed by atoms with E-state index >= 15 is 0 Å². The smallest absolute Gasteiger partial charge is 0.164 e. The van der Waals surface area contributed by atoms with E-state index < -0.39 is 9.84 Å². The number of hydrogen-bond acceptors (Lipinski definition) is 5. The van der Waals surface area contributed by atoms with Gasteiger partial charge in [0.2, 0.25) is 0 Å². The van der Waals surface area contributed by atoms with Crippen molar-refractivity contribution in [2.75, 3.05) is 30.9 Å². The first kappa shape index (κ1) is 15.6. The Bertz CT molecular complexity index is 382. The molecule has 0 aromatic heterocycles. The van der Waals surface area contributed by atoms with E-state index in [-0.39, 0.29) is 5.37 Å². The minimum atomic E-state index is -2.98. The van der Waals surface area contributed by atoms with Crippen LogP contribution in [-0.4, -0.2) is 61.6 Å². The number of sulfone groups is 1. The van der Waals surface area contributed by atoms with Gasteiger partial charge in [0.25, 0.3) is 0 Å². The van der Waals surface area contributed by atoms with Crippen LogP contribution in [0.25, 0.3) is 0 Å². The van der Waals surface area contributed by atoms with Gasteiger partial charge < -0.3 is 5.32 Å². The summed E-state index contributed by atoms with van der Waals surface area (Å²) >= 11 is 1.76. The maximum absolute atomic E-state index is 12.0. The highest BCUT2D eigenvalue weighted by molar-refractivity contribution is 8.00. The van der Waals surface area contributed by atoms with Crippen LogP contribution >= 0.6 is 11.8 Å². The summed E-state index contributed by atoms with van der Waals surface area (Å²) < 4.78 is 24.0. The summed E-state index contributed by atoms with van der Waals surface area (Å²) in [5.41, 5.74) is 0. The fraction of sp³-hybridized carbons (Fsp3) is 1.00. The third-order valence-corrected chi connectivity index (χ3v) is 6.59. The molecule has 2 rings (SSSR count). The second kappa shape index (κ2) is 6.78. The van der Waals surface area contributed by atoms with Crippen LogP contribution in [0.1, 0.15) is 32.6 Å². The van der Waals surface area contributed by atoms with Gasteiger partial charge in [-0.25, -0.2) is 8.42 Å². The first-order chi connectivity index (χ1) is 9.02. The zero-order valence-corrected chi connectivity index (χ0v) is 13.6. The fourth-order valence-corrected chi connectivity index (χ4v) is 5.64. The lowest BCUT2D eigenvalue weighted by atomic mass is 10.1. The van der Waals surface area contributed by atoms with E-state index in [1.165, 1.54) is 19.1 Å². The van der Waals surface area contributed by atoms with Crippen LogP contribution in [0.15, 0.2) is 0 Å². The molecular formula is C13H26N2O2S2. The van der Waals surface area contributed by atoms with Gasteiger partial charge in [0, 0.05) is 42.9 Å². The van der Waals surface area contributed by atoms with Crippen LogP contribution in [-0.2, 0) is 9.84 Å². The molecule has 0 radical (unpaired) electrons. The molecule has 1 saturated carbocycles. The molecular weight excluding hydrogens is 280 g/mol. The SMILES string of the molecule is CCCC(CNC1CC1)N1CCSCC1S(C)(=O)=O. The predicted molar refractivity (Wildman–Crippen MR) is 82.4 cm³/mol. The first-order valence-corrected chi connectivity index (χ1v) is 10.4. The van der Waals surface area contributed by atoms with Crippen molar-refractivity contribution in [3.63, 3.8) is 0 Å². The molecule has 6 heteroatoms. The van der Waals surface area contributed by atoms with E-state index in [1.54, 1.807) is 11.8 Å². The fourth-order valence-electron chi connectivity index (χ4n) is 2.69. The van der Waals surface area contributed by atoms with Crippen molar-refractivity contribution >= 4 is 21.6 Å². The molecule has 2 atom stereocenters. The van der Waals surface area contributed by atoms with E-state index in [1.807, 2.05) is 0 Å². The van der Waals surface area contributed by atoms with E-state index in [9.17, 15) is 8.42 Å². The molecule has 19 heavy (non-hydrogen) atoms. The highest BCUT2D eigenvalue weighted by Gasteiger charge is 2.35. The van der Waals surface area contributed by atoms with Gasteiger partial charge in [-0.05, 0) is 19.3 Å². The predicted octanol–water partition coefficient (Wildman–Crippen LogP) is 1.33. The topological polar surface area (TPSA) is 49.4 Å². The average molecular weight is 306 g/mol. The van der Waals surface area contributed by atoms with Crippen molar-refractivity contribution in [2.24, 2.45) is 0 Å². The molecule has 1 heterocycles. The van der Waals surface area contributed by atoms with E-state index in [2.05, 4.69) is 17.1 Å². The largest absolute Gasteiger partial charge is 0.312 e. The molecule has 2 fully saturated rings. The van der Waals surface area contributed by atoms with Gasteiger partial charge in [0.15, 0.2) is 9.84 Å². The van der Waals surface area contributed by atoms with E-state index in [4.69, 9.17) is 0 Å². The van der Waals surface area contributed by atoms with Crippen LogP contribution in [0, 0.1) is 0 Å². The normalized spacial score (nSPS) is 27.4. The molecule has 1 aliphatic heterocycles. The van der Waals surface area contributed by atoms with Gasteiger partial charge >= 0.3 is 0 Å². The van der Waals surface area contributed by atoms with Crippen LogP contribution in [0.2, 0.25) is 0 Å². The molecule has 1 saturated heterocycles. The van der Waals surface area contributed by atoms with Gasteiger partial charge in [-0.2, -0.15) is 11.8 Å². The van der Waals surface area contributed by atoms with Crippen molar-refractivity contribution < 1.29 is 8.42 Å². The van der Waals surface area contributed by atoms with Crippen LogP contribution in [0.5, 0.6) is 0 Å². The Morgan fingerprint density at radius 3 is 2.74 bits per heavy atom. The molecule has 1 aliphatic carbocycles. The minimum Gasteiger partial charge on any atom is -0.312 e. The third-order valence-electron chi connectivity index (χ3n) is 3.93.